The molecule has 3 heterocycles. The summed E-state index contributed by atoms with van der Waals surface area (Å²) in [5.74, 6) is 0.905. The van der Waals surface area contributed by atoms with E-state index in [1.165, 1.54) is 6.07 Å². The van der Waals surface area contributed by atoms with E-state index in [4.69, 9.17) is 21.4 Å². The van der Waals surface area contributed by atoms with Crippen molar-refractivity contribution < 1.29 is 39.5 Å². The van der Waals surface area contributed by atoms with Crippen LogP contribution >= 0.6 is 11.6 Å². The molecule has 1 aromatic carbocycles. The third-order valence-electron chi connectivity index (χ3n) is 9.80. The Morgan fingerprint density at radius 2 is 1.78 bits per heavy atom. The maximum absolute atomic E-state index is 14.9. The Kier molecular flexibility index (Phi) is 11.3. The summed E-state index contributed by atoms with van der Waals surface area (Å²) in [6.07, 6.45) is 2.04. The van der Waals surface area contributed by atoms with Gasteiger partial charge in [-0.1, -0.05) is 30.2 Å². The molecular formula is C32H44ClFN4O7. The third kappa shape index (κ3) is 8.48. The van der Waals surface area contributed by atoms with Crippen LogP contribution in [0.3, 0.4) is 0 Å². The molecule has 13 heteroatoms. The van der Waals surface area contributed by atoms with Gasteiger partial charge in [-0.2, -0.15) is 0 Å². The average molecular weight is 651 g/mol. The van der Waals surface area contributed by atoms with Gasteiger partial charge in [0.05, 0.1) is 49.8 Å². The molecule has 2 aliphatic heterocycles. The first-order valence-electron chi connectivity index (χ1n) is 15.8. The molecule has 11 nitrogen and oxygen atoms in total. The highest BCUT2D eigenvalue weighted by Crippen LogP contribution is 2.59. The van der Waals surface area contributed by atoms with Crippen LogP contribution in [0.25, 0.3) is 0 Å². The summed E-state index contributed by atoms with van der Waals surface area (Å²) in [4.78, 5) is 25.2. The number of piperidine rings is 1. The summed E-state index contributed by atoms with van der Waals surface area (Å²) in [7, 11) is 0. The average Bonchev–Trinajstić information content (AvgIpc) is 3.69. The number of hydrogen-bond acceptors (Lipinski definition) is 10. The minimum Gasteiger partial charge on any atom is -0.394 e. The van der Waals surface area contributed by atoms with Crippen LogP contribution in [-0.2, 0) is 22.6 Å². The number of rotatable bonds is 15. The fraction of sp³-hybridized carbons (Fsp3) is 0.656. The number of hydrogen-bond donors (Lipinski definition) is 5. The first-order valence-corrected chi connectivity index (χ1v) is 16.1. The van der Waals surface area contributed by atoms with Gasteiger partial charge >= 0.3 is 0 Å². The number of aliphatic hydroxyl groups excluding tert-OH is 5. The van der Waals surface area contributed by atoms with Crippen molar-refractivity contribution in [1.29, 1.82) is 0 Å². The molecule has 45 heavy (non-hydrogen) atoms. The number of halogens is 2. The molecule has 1 unspecified atom stereocenters. The van der Waals surface area contributed by atoms with Crippen LogP contribution in [0.1, 0.15) is 49.7 Å². The van der Waals surface area contributed by atoms with Gasteiger partial charge < -0.3 is 40.1 Å². The van der Waals surface area contributed by atoms with Gasteiger partial charge in [0.2, 0.25) is 11.9 Å². The zero-order valence-corrected chi connectivity index (χ0v) is 26.1. The lowest BCUT2D eigenvalue weighted by Gasteiger charge is -2.39. The summed E-state index contributed by atoms with van der Waals surface area (Å²) in [5, 5.41) is 48.5. The molecule has 3 fully saturated rings. The van der Waals surface area contributed by atoms with Gasteiger partial charge in [-0.3, -0.25) is 4.79 Å². The molecule has 1 amide bonds. The van der Waals surface area contributed by atoms with Gasteiger partial charge in [-0.05, 0) is 66.5 Å². The molecule has 5 rings (SSSR count). The lowest BCUT2D eigenvalue weighted by Crippen LogP contribution is -2.50. The molecule has 1 aliphatic carbocycles. The lowest BCUT2D eigenvalue weighted by atomic mass is 9.91. The van der Waals surface area contributed by atoms with E-state index in [0.717, 1.165) is 37.9 Å². The Morgan fingerprint density at radius 3 is 2.44 bits per heavy atom. The number of aromatic nitrogens is 2. The number of aliphatic hydroxyl groups is 5. The summed E-state index contributed by atoms with van der Waals surface area (Å²) in [6.45, 7) is 3.15. The normalized spacial score (nSPS) is 22.2. The maximum atomic E-state index is 14.9. The van der Waals surface area contributed by atoms with Gasteiger partial charge in [0.25, 0.3) is 0 Å². The minimum absolute atomic E-state index is 0.0155. The lowest BCUT2D eigenvalue weighted by molar-refractivity contribution is -0.137. The Balaban J connectivity index is 0.960. The van der Waals surface area contributed by atoms with Gasteiger partial charge in [-0.15, -0.1) is 0 Å². The molecule has 0 radical (unpaired) electrons. The maximum Gasteiger partial charge on any atom is 0.227 e. The molecule has 2 saturated heterocycles. The fourth-order valence-corrected chi connectivity index (χ4v) is 6.72. The second-order valence-electron chi connectivity index (χ2n) is 13.0. The number of benzene rings is 1. The summed E-state index contributed by atoms with van der Waals surface area (Å²) < 4.78 is 20.8. The molecule has 1 aromatic heterocycles. The van der Waals surface area contributed by atoms with Crippen LogP contribution in [-0.4, -0.2) is 110 Å². The van der Waals surface area contributed by atoms with Crippen LogP contribution in [0.2, 0.25) is 5.02 Å². The predicted octanol–water partition coefficient (Wildman–Crippen LogP) is 1.70. The first-order chi connectivity index (χ1) is 21.6. The van der Waals surface area contributed by atoms with Crippen LogP contribution in [0.4, 0.5) is 10.3 Å². The highest BCUT2D eigenvalue weighted by Gasteiger charge is 2.54. The van der Waals surface area contributed by atoms with E-state index in [1.54, 1.807) is 23.4 Å². The second-order valence-corrected chi connectivity index (χ2v) is 13.4. The Labute approximate surface area is 267 Å². The van der Waals surface area contributed by atoms with E-state index >= 15 is 0 Å². The largest absolute Gasteiger partial charge is 0.394 e. The van der Waals surface area contributed by atoms with Gasteiger partial charge in [0, 0.05) is 26.2 Å². The summed E-state index contributed by atoms with van der Waals surface area (Å²) in [6, 6.07) is 4.92. The molecule has 0 bridgehead atoms. The van der Waals surface area contributed by atoms with Crippen LogP contribution < -0.4 is 4.90 Å². The highest BCUT2D eigenvalue weighted by molar-refractivity contribution is 6.30. The van der Waals surface area contributed by atoms with Gasteiger partial charge in [0.15, 0.2) is 0 Å². The fourth-order valence-electron chi connectivity index (χ4n) is 6.62. The summed E-state index contributed by atoms with van der Waals surface area (Å²) in [5.41, 5.74) is 1.40. The summed E-state index contributed by atoms with van der Waals surface area (Å²) >= 11 is 5.90. The van der Waals surface area contributed by atoms with Gasteiger partial charge in [0.1, 0.15) is 24.1 Å². The number of anilines is 1. The van der Waals surface area contributed by atoms with E-state index in [-0.39, 0.29) is 24.7 Å². The molecule has 1 spiro atoms. The van der Waals surface area contributed by atoms with Crippen molar-refractivity contribution in [3.8, 4) is 0 Å². The predicted molar refractivity (Wildman–Crippen MR) is 164 cm³/mol. The number of amides is 1. The molecule has 5 N–H and O–H groups in total. The smallest absolute Gasteiger partial charge is 0.227 e. The molecule has 2 aromatic rings. The van der Waals surface area contributed by atoms with E-state index < -0.39 is 36.8 Å². The Bertz CT molecular complexity index is 1280. The molecule has 5 atom stereocenters. The highest BCUT2D eigenvalue weighted by atomic mass is 35.5. The Hall–Kier alpha value is -2.45. The van der Waals surface area contributed by atoms with Crippen LogP contribution in [0.5, 0.6) is 0 Å². The zero-order valence-electron chi connectivity index (χ0n) is 25.3. The third-order valence-corrected chi connectivity index (χ3v) is 10.00. The van der Waals surface area contributed by atoms with Crippen molar-refractivity contribution >= 4 is 23.5 Å². The minimum atomic E-state index is -1.63. The second kappa shape index (κ2) is 15.0. The number of carbonyl (C=O) groups is 1. The standard InChI is InChI=1S/C32H44ClFN4O7/c33-24-13-35-31(36-14-24)37-8-6-32(7-9-37)12-23(32)19-45-18-20-4-5-22(25(34)10-20)11-28(42)38-15-21(16-38)2-1-3-26(40)29(43)30(44)27(41)17-39/h4-5,10,13-14,21,23,26-27,29-30,39-41,43-44H,1-3,6-9,11-12,15-19H2/t23?,26-,27+,29+,30+/m0/s1. The SMILES string of the molecule is O=C(Cc1ccc(COCC2CC23CCN(c2ncc(Cl)cn2)CC3)cc1F)N1CC(CCC[C@H](O)[C@@H](O)[C@H](O)[C@H](O)CO)C1. The van der Waals surface area contributed by atoms with Crippen molar-refractivity contribution in [2.45, 2.75) is 76.0 Å². The quantitative estimate of drug-likeness (QED) is 0.192. The van der Waals surface area contributed by atoms with E-state index in [9.17, 15) is 29.6 Å². The molecule has 1 saturated carbocycles. The molecule has 3 aliphatic rings. The van der Waals surface area contributed by atoms with Crippen molar-refractivity contribution in [1.82, 2.24) is 14.9 Å². The van der Waals surface area contributed by atoms with E-state index in [2.05, 4.69) is 14.9 Å². The van der Waals surface area contributed by atoms with Gasteiger partial charge in [-0.25, -0.2) is 14.4 Å². The van der Waals surface area contributed by atoms with Crippen molar-refractivity contribution in [2.75, 3.05) is 44.3 Å². The number of ether oxygens (including phenoxy) is 1. The number of nitrogens with zero attached hydrogens (tertiary/aromatic N) is 4. The van der Waals surface area contributed by atoms with Crippen molar-refractivity contribution in [3.63, 3.8) is 0 Å². The first kappa shape index (κ1) is 33.9. The van der Waals surface area contributed by atoms with Crippen molar-refractivity contribution in [3.05, 3.63) is 52.6 Å². The zero-order chi connectivity index (χ0) is 32.1. The Morgan fingerprint density at radius 1 is 1.09 bits per heavy atom. The van der Waals surface area contributed by atoms with E-state index in [1.807, 2.05) is 6.07 Å². The van der Waals surface area contributed by atoms with Crippen LogP contribution in [0, 0.1) is 23.1 Å². The molecular weight excluding hydrogens is 607 g/mol. The number of carbonyl (C=O) groups excluding carboxylic acids is 1. The topological polar surface area (TPSA) is 160 Å². The van der Waals surface area contributed by atoms with E-state index in [0.29, 0.717) is 67.0 Å². The number of likely N-dealkylation sites (tertiary alicyclic amines) is 1. The molecule has 248 valence electrons. The van der Waals surface area contributed by atoms with Crippen LogP contribution in [0.15, 0.2) is 30.6 Å². The van der Waals surface area contributed by atoms with Crippen molar-refractivity contribution in [2.24, 2.45) is 17.3 Å². The monoisotopic (exact) mass is 650 g/mol.